The average Bonchev–Trinajstić information content (AvgIpc) is 3.26. The minimum atomic E-state index is -3.55. The first-order chi connectivity index (χ1) is 15.9. The number of hydrogen-bond donors (Lipinski definition) is 0. The van der Waals surface area contributed by atoms with Crippen molar-refractivity contribution in [3.63, 3.8) is 0 Å². The molecule has 2 aromatic carbocycles. The molecule has 0 radical (unpaired) electrons. The Morgan fingerprint density at radius 1 is 0.970 bits per heavy atom. The van der Waals surface area contributed by atoms with Crippen LogP contribution in [0.2, 0.25) is 0 Å². The number of nitrogens with zero attached hydrogens (tertiary/aromatic N) is 5. The van der Waals surface area contributed by atoms with Crippen LogP contribution in [-0.2, 0) is 21.4 Å². The van der Waals surface area contributed by atoms with Crippen molar-refractivity contribution in [1.29, 1.82) is 0 Å². The fourth-order valence-electron chi connectivity index (χ4n) is 3.74. The van der Waals surface area contributed by atoms with E-state index in [2.05, 4.69) is 10.2 Å². The van der Waals surface area contributed by atoms with E-state index in [4.69, 9.17) is 0 Å². The molecule has 1 fully saturated rings. The molecule has 0 bridgehead atoms. The number of benzene rings is 2. The molecule has 1 saturated heterocycles. The van der Waals surface area contributed by atoms with Crippen LogP contribution in [0.5, 0.6) is 0 Å². The predicted octanol–water partition coefficient (Wildman–Crippen LogP) is 2.90. The van der Waals surface area contributed by atoms with Crippen molar-refractivity contribution in [2.24, 2.45) is 0 Å². The fourth-order valence-corrected chi connectivity index (χ4v) is 6.06. The van der Waals surface area contributed by atoms with Crippen LogP contribution in [-0.4, -0.2) is 70.2 Å². The number of amides is 1. The number of aromatic nitrogens is 3. The van der Waals surface area contributed by atoms with E-state index < -0.39 is 10.0 Å². The SMILES string of the molecule is CCn1c(SCC(=O)N2CCN(S(=O)(=O)c3ccc(C)cc3)CC2)nnc1-c1ccccc1. The molecule has 0 atom stereocenters. The lowest BCUT2D eigenvalue weighted by molar-refractivity contribution is -0.129. The van der Waals surface area contributed by atoms with Crippen LogP contribution in [0.25, 0.3) is 11.4 Å². The second-order valence-electron chi connectivity index (χ2n) is 7.80. The van der Waals surface area contributed by atoms with Crippen LogP contribution < -0.4 is 0 Å². The molecule has 8 nitrogen and oxygen atoms in total. The molecule has 33 heavy (non-hydrogen) atoms. The molecule has 10 heteroatoms. The molecule has 1 amide bonds. The highest BCUT2D eigenvalue weighted by Crippen LogP contribution is 2.24. The smallest absolute Gasteiger partial charge is 0.243 e. The van der Waals surface area contributed by atoms with E-state index in [0.717, 1.165) is 17.0 Å². The molecule has 3 aromatic rings. The van der Waals surface area contributed by atoms with Gasteiger partial charge in [-0.05, 0) is 26.0 Å². The van der Waals surface area contributed by atoms with Gasteiger partial charge in [0, 0.05) is 38.3 Å². The molecule has 1 aliphatic heterocycles. The van der Waals surface area contributed by atoms with Gasteiger partial charge in [0.15, 0.2) is 11.0 Å². The summed E-state index contributed by atoms with van der Waals surface area (Å²) >= 11 is 1.36. The van der Waals surface area contributed by atoms with Crippen LogP contribution in [0.3, 0.4) is 0 Å². The third-order valence-electron chi connectivity index (χ3n) is 5.64. The number of hydrogen-bond acceptors (Lipinski definition) is 6. The van der Waals surface area contributed by atoms with Gasteiger partial charge in [0.25, 0.3) is 0 Å². The van der Waals surface area contributed by atoms with Gasteiger partial charge in [-0.25, -0.2) is 8.42 Å². The summed E-state index contributed by atoms with van der Waals surface area (Å²) in [6.07, 6.45) is 0. The minimum Gasteiger partial charge on any atom is -0.339 e. The van der Waals surface area contributed by atoms with Crippen LogP contribution in [0.15, 0.2) is 64.6 Å². The molecular formula is C23H27N5O3S2. The van der Waals surface area contributed by atoms with Crippen LogP contribution in [0.1, 0.15) is 12.5 Å². The Balaban J connectivity index is 1.35. The molecule has 4 rings (SSSR count). The van der Waals surface area contributed by atoms with Crippen molar-refractivity contribution in [2.75, 3.05) is 31.9 Å². The van der Waals surface area contributed by atoms with Gasteiger partial charge in [0.05, 0.1) is 10.6 Å². The maximum Gasteiger partial charge on any atom is 0.243 e. The van der Waals surface area contributed by atoms with Gasteiger partial charge >= 0.3 is 0 Å². The first kappa shape index (κ1) is 23.5. The largest absolute Gasteiger partial charge is 0.339 e. The Hall–Kier alpha value is -2.69. The minimum absolute atomic E-state index is 0.0284. The van der Waals surface area contributed by atoms with Gasteiger partial charge in [-0.3, -0.25) is 4.79 Å². The predicted molar refractivity (Wildman–Crippen MR) is 128 cm³/mol. The number of sulfonamides is 1. The average molecular weight is 486 g/mol. The fraction of sp³-hybridized carbons (Fsp3) is 0.348. The van der Waals surface area contributed by atoms with Gasteiger partial charge in [0.1, 0.15) is 0 Å². The van der Waals surface area contributed by atoms with Crippen LogP contribution >= 0.6 is 11.8 Å². The first-order valence-corrected chi connectivity index (χ1v) is 13.3. The Bertz CT molecular complexity index is 1200. The first-order valence-electron chi connectivity index (χ1n) is 10.9. The van der Waals surface area contributed by atoms with E-state index >= 15 is 0 Å². The highest BCUT2D eigenvalue weighted by atomic mass is 32.2. The molecule has 1 aromatic heterocycles. The summed E-state index contributed by atoms with van der Waals surface area (Å²) in [5, 5.41) is 9.29. The van der Waals surface area contributed by atoms with Gasteiger partial charge in [-0.2, -0.15) is 4.31 Å². The number of carbonyl (C=O) groups is 1. The highest BCUT2D eigenvalue weighted by Gasteiger charge is 2.30. The monoisotopic (exact) mass is 485 g/mol. The summed E-state index contributed by atoms with van der Waals surface area (Å²) in [7, 11) is -3.55. The quantitative estimate of drug-likeness (QED) is 0.478. The summed E-state index contributed by atoms with van der Waals surface area (Å²) in [6.45, 7) is 5.97. The van der Waals surface area contributed by atoms with Gasteiger partial charge in [-0.1, -0.05) is 59.8 Å². The molecule has 0 spiro atoms. The number of aryl methyl sites for hydroxylation is 1. The normalized spacial score (nSPS) is 15.0. The summed E-state index contributed by atoms with van der Waals surface area (Å²) in [5.74, 6) is 0.986. The Morgan fingerprint density at radius 3 is 2.27 bits per heavy atom. The Kier molecular flexibility index (Phi) is 7.16. The van der Waals surface area contributed by atoms with Crippen molar-refractivity contribution in [1.82, 2.24) is 24.0 Å². The number of thioether (sulfide) groups is 1. The number of piperazine rings is 1. The Labute approximate surface area is 198 Å². The lowest BCUT2D eigenvalue weighted by Crippen LogP contribution is -2.50. The van der Waals surface area contributed by atoms with Crippen molar-refractivity contribution in [3.05, 3.63) is 60.2 Å². The summed E-state index contributed by atoms with van der Waals surface area (Å²) in [5.41, 5.74) is 1.99. The lowest BCUT2D eigenvalue weighted by atomic mass is 10.2. The molecule has 2 heterocycles. The van der Waals surface area contributed by atoms with E-state index in [-0.39, 0.29) is 29.6 Å². The molecule has 0 N–H and O–H groups in total. The summed E-state index contributed by atoms with van der Waals surface area (Å²) in [6, 6.07) is 16.7. The zero-order chi connectivity index (χ0) is 23.4. The van der Waals surface area contributed by atoms with Crippen molar-refractivity contribution >= 4 is 27.7 Å². The van der Waals surface area contributed by atoms with Crippen LogP contribution in [0.4, 0.5) is 0 Å². The molecular weight excluding hydrogens is 458 g/mol. The molecule has 0 saturated carbocycles. The van der Waals surface area contributed by atoms with E-state index in [1.165, 1.54) is 16.1 Å². The zero-order valence-corrected chi connectivity index (χ0v) is 20.3. The lowest BCUT2D eigenvalue weighted by Gasteiger charge is -2.34. The maximum absolute atomic E-state index is 12.9. The van der Waals surface area contributed by atoms with E-state index in [1.807, 2.05) is 48.7 Å². The highest BCUT2D eigenvalue weighted by molar-refractivity contribution is 7.99. The van der Waals surface area contributed by atoms with Crippen molar-refractivity contribution in [2.45, 2.75) is 30.4 Å². The second kappa shape index (κ2) is 10.1. The van der Waals surface area contributed by atoms with E-state index in [1.54, 1.807) is 29.2 Å². The molecule has 174 valence electrons. The zero-order valence-electron chi connectivity index (χ0n) is 18.7. The van der Waals surface area contributed by atoms with Gasteiger partial charge < -0.3 is 9.47 Å². The Morgan fingerprint density at radius 2 is 1.64 bits per heavy atom. The number of rotatable bonds is 7. The van der Waals surface area contributed by atoms with E-state index in [9.17, 15) is 13.2 Å². The van der Waals surface area contributed by atoms with Crippen molar-refractivity contribution in [3.8, 4) is 11.4 Å². The number of carbonyl (C=O) groups excluding carboxylic acids is 1. The maximum atomic E-state index is 12.9. The van der Waals surface area contributed by atoms with E-state index in [0.29, 0.717) is 24.8 Å². The molecule has 1 aliphatic rings. The van der Waals surface area contributed by atoms with Gasteiger partial charge in [0.2, 0.25) is 15.9 Å². The summed E-state index contributed by atoms with van der Waals surface area (Å²) in [4.78, 5) is 14.8. The summed E-state index contributed by atoms with van der Waals surface area (Å²) < 4.78 is 29.2. The van der Waals surface area contributed by atoms with Gasteiger partial charge in [-0.15, -0.1) is 10.2 Å². The third-order valence-corrected chi connectivity index (χ3v) is 8.50. The van der Waals surface area contributed by atoms with Crippen LogP contribution in [0, 0.1) is 6.92 Å². The standard InChI is InChI=1S/C23H27N5O3S2/c1-3-28-22(19-7-5-4-6-8-19)24-25-23(28)32-17-21(29)26-13-15-27(16-14-26)33(30,31)20-11-9-18(2)10-12-20/h4-12H,3,13-17H2,1-2H3. The molecule has 0 unspecified atom stereocenters. The molecule has 0 aliphatic carbocycles. The van der Waals surface area contributed by atoms with Crippen molar-refractivity contribution < 1.29 is 13.2 Å². The third kappa shape index (κ3) is 5.13. The second-order valence-corrected chi connectivity index (χ2v) is 10.7. The topological polar surface area (TPSA) is 88.4 Å².